The summed E-state index contributed by atoms with van der Waals surface area (Å²) in [7, 11) is 0. The van der Waals surface area contributed by atoms with Gasteiger partial charge in [-0.3, -0.25) is 0 Å². The number of piperidine rings is 1. The molecule has 3 aliphatic rings. The zero-order valence-corrected chi connectivity index (χ0v) is 28.4. The SMILES string of the molecule is Cc1cc2c(cc1F)O[C@@H](C)CCCOC1(C)CCN(CC1)c1c([C@H](OC(C)(C)C)C(=O)O)c(C)nc3cc(nn13)-c1cccc-2c1. The van der Waals surface area contributed by atoms with E-state index in [1.807, 2.05) is 71.0 Å². The number of benzene rings is 2. The first-order valence-electron chi connectivity index (χ1n) is 16.5. The van der Waals surface area contributed by atoms with E-state index in [4.69, 9.17) is 24.3 Å². The van der Waals surface area contributed by atoms with Crippen LogP contribution in [0.5, 0.6) is 5.75 Å². The second-order valence-electron chi connectivity index (χ2n) is 14.2. The lowest BCUT2D eigenvalue weighted by Gasteiger charge is -2.41. The van der Waals surface area contributed by atoms with Gasteiger partial charge in [0, 0.05) is 48.6 Å². The number of halogens is 1. The average molecular weight is 645 g/mol. The minimum absolute atomic E-state index is 0.139. The molecule has 6 bridgehead atoms. The molecule has 0 radical (unpaired) electrons. The molecule has 0 spiro atoms. The van der Waals surface area contributed by atoms with Crippen LogP contribution in [-0.4, -0.2) is 62.7 Å². The number of ether oxygens (including phenoxy) is 3. The van der Waals surface area contributed by atoms with Gasteiger partial charge >= 0.3 is 5.97 Å². The summed E-state index contributed by atoms with van der Waals surface area (Å²) in [6.45, 7) is 15.2. The number of aryl methyl sites for hydroxylation is 2. The summed E-state index contributed by atoms with van der Waals surface area (Å²) in [5.41, 5.74) is 4.36. The van der Waals surface area contributed by atoms with Gasteiger partial charge in [-0.15, -0.1) is 0 Å². The van der Waals surface area contributed by atoms with Gasteiger partial charge in [-0.05, 0) is 97.4 Å². The molecule has 5 heterocycles. The molecule has 1 N–H and O–H groups in total. The Morgan fingerprint density at radius 2 is 1.85 bits per heavy atom. The molecule has 3 aliphatic heterocycles. The van der Waals surface area contributed by atoms with Crippen molar-refractivity contribution >= 4 is 17.4 Å². The largest absolute Gasteiger partial charge is 0.490 e. The maximum absolute atomic E-state index is 14.8. The van der Waals surface area contributed by atoms with Crippen molar-refractivity contribution in [2.45, 2.75) is 97.6 Å². The van der Waals surface area contributed by atoms with Crippen LogP contribution in [0.15, 0.2) is 42.5 Å². The molecule has 9 nitrogen and oxygen atoms in total. The number of aliphatic carboxylic acids is 1. The molecular formula is C37H45FN4O5. The predicted molar refractivity (Wildman–Crippen MR) is 180 cm³/mol. The Morgan fingerprint density at radius 1 is 1.13 bits per heavy atom. The molecule has 4 aromatic rings. The first kappa shape index (κ1) is 32.9. The Bertz CT molecular complexity index is 1800. The topological polar surface area (TPSA) is 98.4 Å². The van der Waals surface area contributed by atoms with Crippen LogP contribution in [0.1, 0.15) is 83.2 Å². The fraction of sp³-hybridized carbons (Fsp3) is 0.486. The fourth-order valence-corrected chi connectivity index (χ4v) is 6.59. The third-order valence-electron chi connectivity index (χ3n) is 9.15. The van der Waals surface area contributed by atoms with Gasteiger partial charge in [0.2, 0.25) is 0 Å². The predicted octanol–water partition coefficient (Wildman–Crippen LogP) is 7.70. The molecule has 2 aromatic carbocycles. The lowest BCUT2D eigenvalue weighted by atomic mass is 9.92. The molecule has 47 heavy (non-hydrogen) atoms. The van der Waals surface area contributed by atoms with Crippen molar-refractivity contribution in [2.24, 2.45) is 0 Å². The van der Waals surface area contributed by atoms with Crippen LogP contribution in [0.3, 0.4) is 0 Å². The highest BCUT2D eigenvalue weighted by Crippen LogP contribution is 2.40. The van der Waals surface area contributed by atoms with E-state index in [2.05, 4.69) is 11.8 Å². The van der Waals surface area contributed by atoms with Gasteiger partial charge in [0.05, 0.1) is 28.6 Å². The summed E-state index contributed by atoms with van der Waals surface area (Å²) >= 11 is 0. The van der Waals surface area contributed by atoms with Gasteiger partial charge in [-0.2, -0.15) is 9.61 Å². The lowest BCUT2D eigenvalue weighted by molar-refractivity contribution is -0.160. The number of fused-ring (bicyclic) bond motifs is 7. The first-order valence-corrected chi connectivity index (χ1v) is 16.5. The Hall–Kier alpha value is -4.02. The highest BCUT2D eigenvalue weighted by atomic mass is 19.1. The Labute approximate surface area is 275 Å². The van der Waals surface area contributed by atoms with E-state index in [9.17, 15) is 14.3 Å². The van der Waals surface area contributed by atoms with Crippen LogP contribution in [0.25, 0.3) is 28.0 Å². The van der Waals surface area contributed by atoms with E-state index in [-0.39, 0.29) is 17.5 Å². The first-order chi connectivity index (χ1) is 22.2. The zero-order valence-electron chi connectivity index (χ0n) is 28.4. The third kappa shape index (κ3) is 6.85. The van der Waals surface area contributed by atoms with Crippen molar-refractivity contribution < 1.29 is 28.5 Å². The summed E-state index contributed by atoms with van der Waals surface area (Å²) in [6.07, 6.45) is 1.68. The maximum atomic E-state index is 14.8. The minimum atomic E-state index is -1.24. The molecule has 0 unspecified atom stereocenters. The van der Waals surface area contributed by atoms with Gasteiger partial charge in [0.1, 0.15) is 17.4 Å². The molecular weight excluding hydrogens is 599 g/mol. The van der Waals surface area contributed by atoms with Gasteiger partial charge in [-0.1, -0.05) is 18.2 Å². The monoisotopic (exact) mass is 644 g/mol. The van der Waals surface area contributed by atoms with E-state index in [0.717, 1.165) is 42.4 Å². The van der Waals surface area contributed by atoms with Crippen LogP contribution in [0.4, 0.5) is 10.2 Å². The number of nitrogens with zero attached hydrogens (tertiary/aromatic N) is 4. The van der Waals surface area contributed by atoms with Crippen LogP contribution in [0, 0.1) is 19.7 Å². The fourth-order valence-electron chi connectivity index (χ4n) is 6.59. The number of carbonyl (C=O) groups is 1. The number of carboxylic acid groups (broad SMARTS) is 1. The summed E-state index contributed by atoms with van der Waals surface area (Å²) in [6, 6.07) is 13.2. The molecule has 0 aliphatic carbocycles. The molecule has 1 saturated heterocycles. The lowest BCUT2D eigenvalue weighted by Crippen LogP contribution is -2.46. The molecule has 7 rings (SSSR count). The van der Waals surface area contributed by atoms with Gasteiger partial charge in [0.15, 0.2) is 11.8 Å². The highest BCUT2D eigenvalue weighted by Gasteiger charge is 2.38. The Kier molecular flexibility index (Phi) is 8.78. The number of hydrogen-bond donors (Lipinski definition) is 1. The van der Waals surface area contributed by atoms with E-state index >= 15 is 0 Å². The number of rotatable bonds is 3. The summed E-state index contributed by atoms with van der Waals surface area (Å²) in [5.74, 6) is -0.228. The average Bonchev–Trinajstić information content (AvgIpc) is 3.43. The van der Waals surface area contributed by atoms with Crippen molar-refractivity contribution in [3.8, 4) is 28.1 Å². The van der Waals surface area contributed by atoms with Crippen molar-refractivity contribution in [1.29, 1.82) is 0 Å². The number of aromatic nitrogens is 3. The maximum Gasteiger partial charge on any atom is 0.337 e. The Balaban J connectivity index is 1.56. The zero-order chi connectivity index (χ0) is 33.7. The standard InChI is InChI=1S/C37H45FN4O5/c1-22-18-27-25-11-8-12-26(19-25)29-21-31-39-24(3)32(33(35(43)44)47-36(4,5)6)34(42(31)40-29)41-15-13-37(7,14-16-41)45-17-9-10-23(2)46-30(27)20-28(22)38/h8,11-12,18-21,23,33H,9-10,13-17H2,1-7H3,(H,43,44)/t23-,33-/m0/s1. The molecule has 250 valence electrons. The quantitative estimate of drug-likeness (QED) is 0.242. The van der Waals surface area contributed by atoms with E-state index < -0.39 is 17.7 Å². The summed E-state index contributed by atoms with van der Waals surface area (Å²) in [4.78, 5) is 19.9. The minimum Gasteiger partial charge on any atom is -0.490 e. The van der Waals surface area contributed by atoms with Crippen molar-refractivity contribution in [2.75, 3.05) is 24.6 Å². The van der Waals surface area contributed by atoms with Gasteiger partial charge in [0.25, 0.3) is 0 Å². The van der Waals surface area contributed by atoms with Crippen molar-refractivity contribution in [3.63, 3.8) is 0 Å². The van der Waals surface area contributed by atoms with Crippen molar-refractivity contribution in [1.82, 2.24) is 14.6 Å². The molecule has 10 heteroatoms. The molecule has 2 atom stereocenters. The number of anilines is 1. The van der Waals surface area contributed by atoms with Crippen LogP contribution in [-0.2, 0) is 14.3 Å². The second-order valence-corrected chi connectivity index (χ2v) is 14.2. The van der Waals surface area contributed by atoms with Crippen LogP contribution >= 0.6 is 0 Å². The molecule has 1 fully saturated rings. The van der Waals surface area contributed by atoms with E-state index in [0.29, 0.717) is 59.4 Å². The molecule has 0 saturated carbocycles. The molecule has 2 aromatic heterocycles. The van der Waals surface area contributed by atoms with Crippen molar-refractivity contribution in [3.05, 3.63) is 65.1 Å². The van der Waals surface area contributed by atoms with E-state index in [1.165, 1.54) is 6.07 Å². The number of hydrogen-bond acceptors (Lipinski definition) is 7. The second kappa shape index (κ2) is 12.5. The van der Waals surface area contributed by atoms with Crippen LogP contribution < -0.4 is 9.64 Å². The smallest absolute Gasteiger partial charge is 0.337 e. The van der Waals surface area contributed by atoms with Gasteiger partial charge < -0.3 is 24.2 Å². The normalized spacial score (nSPS) is 21.1. The van der Waals surface area contributed by atoms with Crippen LogP contribution in [0.2, 0.25) is 0 Å². The highest BCUT2D eigenvalue weighted by molar-refractivity contribution is 5.80. The molecule has 0 amide bonds. The third-order valence-corrected chi connectivity index (χ3v) is 9.15. The number of carboxylic acids is 1. The summed E-state index contributed by atoms with van der Waals surface area (Å²) < 4.78 is 35.6. The summed E-state index contributed by atoms with van der Waals surface area (Å²) in [5, 5.41) is 15.5. The van der Waals surface area contributed by atoms with E-state index in [1.54, 1.807) is 11.4 Å². The van der Waals surface area contributed by atoms with Gasteiger partial charge in [-0.25, -0.2) is 14.2 Å². The Morgan fingerprint density at radius 3 is 2.55 bits per heavy atom.